The van der Waals surface area contributed by atoms with Crippen LogP contribution in [0.25, 0.3) is 0 Å². The molecule has 9 aliphatic heterocycles. The topological polar surface area (TPSA) is 551 Å². The summed E-state index contributed by atoms with van der Waals surface area (Å²) in [5.41, 5.74) is 0. The van der Waals surface area contributed by atoms with Gasteiger partial charge in [0, 0.05) is 0 Å². The molecule has 0 aromatic rings. The van der Waals surface area contributed by atoms with Gasteiger partial charge in [-0.25, -0.2) is 25.3 Å². The van der Waals surface area contributed by atoms with Crippen LogP contribution in [0.3, 0.4) is 0 Å². The van der Waals surface area contributed by atoms with Crippen molar-refractivity contribution in [2.24, 2.45) is 0 Å². The molecular weight excluding hydrogens is 1120 g/mol. The van der Waals surface area contributed by atoms with E-state index in [4.69, 9.17) is 66.3 Å². The van der Waals surface area contributed by atoms with Crippen molar-refractivity contribution in [2.45, 2.75) is 184 Å². The Morgan fingerprint density at radius 2 is 0.658 bits per heavy atom. The molecule has 9 fully saturated rings. The SMILES string of the molecule is O=S(=O)([O-])O[C@@H]1[C@H](O[C@H]2O[C@@H]3CO[C@@H]([C@H]3O)[C@H]2O)[C@@H](O)[C@H](O[C@@H]2[C@@H]3OC[C@H]2O[C@H](O[C@@H]2[C@@H](O)[C@H](O[C@@H]4[C@@H]5OC[C@H]4O[C@H](O[C@H]4[C@@H](OS(=O)(=O)[O-])[C@@H](CO)OC(O)[C@@H]4O)[C@@H]5O)O[C@H](CO)[C@@H]2OS(=O)(=O)[O-])[C@@H]3O)O[C@@H]1CO. The lowest BCUT2D eigenvalue weighted by molar-refractivity contribution is -0.378. The summed E-state index contributed by atoms with van der Waals surface area (Å²) in [5, 5.41) is 119. The summed E-state index contributed by atoms with van der Waals surface area (Å²) in [4.78, 5) is 0. The van der Waals surface area contributed by atoms with Crippen molar-refractivity contribution in [1.29, 1.82) is 0 Å². The summed E-state index contributed by atoms with van der Waals surface area (Å²) < 4.78 is 199. The highest BCUT2D eigenvalue weighted by molar-refractivity contribution is 7.81. The van der Waals surface area contributed by atoms with Crippen LogP contribution in [0.1, 0.15) is 0 Å². The van der Waals surface area contributed by atoms with Crippen molar-refractivity contribution >= 4 is 31.2 Å². The normalized spacial score (nSPS) is 50.8. The molecule has 9 aliphatic rings. The van der Waals surface area contributed by atoms with Gasteiger partial charge in [0.25, 0.3) is 0 Å². The fraction of sp³-hybridized carbons (Fsp3) is 1.00. The van der Waals surface area contributed by atoms with E-state index >= 15 is 0 Å². The van der Waals surface area contributed by atoms with Gasteiger partial charge < -0.3 is 136 Å². The standard InChI is InChI=1S/C36H56O37S3/c37-1-7-22(71-74(48,49)50)28(14(41)31(47)60-7)68-33-16(43)26-20(11(64-33)5-58-26)66-36-19(46)30(24(9(3-39)62-36)73-76(54,55)56)70-34-17(44)27-21(12(65-34)6-59-27)67-35-18(45)29(23(8(2-38)61-35)72-75(51,52)53)69-32-15(42)25-13(40)10(63-32)4-57-25/h7-47H,1-6H2,(H,48,49,50)(H,51,52,53)(H,54,55,56)/p-3/t7-,8-,9-,10-,11-,12-,13+,14-,15-,16-,17-,18-,19-,20+,21+,22+,23+,24+,25+,26-,27-,28-,29-,30-,31?,32-,33-,34-,35+,36+/m1/s1. The van der Waals surface area contributed by atoms with Crippen LogP contribution >= 0.6 is 0 Å². The molecule has 40 heteroatoms. The first-order valence-corrected chi connectivity index (χ1v) is 26.9. The Hall–Kier alpha value is -1.39. The summed E-state index contributed by atoms with van der Waals surface area (Å²) in [6.07, 6.45) is -55.5. The van der Waals surface area contributed by atoms with Crippen LogP contribution in [-0.4, -0.2) is 319 Å². The summed E-state index contributed by atoms with van der Waals surface area (Å²) in [7, 11) is -17.0. The minimum absolute atomic E-state index is 0.210. The second-order valence-corrected chi connectivity index (χ2v) is 21.6. The second-order valence-electron chi connectivity index (χ2n) is 18.6. The van der Waals surface area contributed by atoms with Crippen LogP contribution in [-0.2, 0) is 110 Å². The molecule has 440 valence electrons. The first kappa shape index (κ1) is 59.2. The molecule has 6 bridgehead atoms. The van der Waals surface area contributed by atoms with E-state index in [2.05, 4.69) is 12.5 Å². The lowest BCUT2D eigenvalue weighted by Gasteiger charge is -2.49. The van der Waals surface area contributed by atoms with Crippen molar-refractivity contribution in [1.82, 2.24) is 0 Å². The van der Waals surface area contributed by atoms with Gasteiger partial charge in [-0.15, -0.1) is 0 Å². The molecular formula is C36H53O37S3-3. The number of hydrogen-bond acceptors (Lipinski definition) is 37. The maximum atomic E-state index is 12.0. The Kier molecular flexibility index (Phi) is 18.0. The molecule has 0 aliphatic carbocycles. The minimum atomic E-state index is -5.75. The van der Waals surface area contributed by atoms with E-state index in [1.165, 1.54) is 0 Å². The third-order valence-electron chi connectivity index (χ3n) is 13.8. The molecule has 76 heavy (non-hydrogen) atoms. The smallest absolute Gasteiger partial charge is 0.218 e. The number of rotatable bonds is 19. The fourth-order valence-corrected chi connectivity index (χ4v) is 11.8. The van der Waals surface area contributed by atoms with E-state index in [1.54, 1.807) is 0 Å². The summed E-state index contributed by atoms with van der Waals surface area (Å²) >= 11 is 0. The van der Waals surface area contributed by atoms with E-state index in [1.807, 2.05) is 0 Å². The molecule has 9 rings (SSSR count). The van der Waals surface area contributed by atoms with Gasteiger partial charge in [0.15, 0.2) is 37.7 Å². The quantitative estimate of drug-likeness (QED) is 0.0423. The Balaban J connectivity index is 0.893. The molecule has 0 saturated carbocycles. The van der Waals surface area contributed by atoms with Crippen LogP contribution in [0.4, 0.5) is 0 Å². The fourth-order valence-electron chi connectivity index (χ4n) is 10.3. The summed E-state index contributed by atoms with van der Waals surface area (Å²) in [5.74, 6) is 0. The Morgan fingerprint density at radius 1 is 0.355 bits per heavy atom. The highest BCUT2D eigenvalue weighted by Crippen LogP contribution is 2.42. The van der Waals surface area contributed by atoms with Crippen molar-refractivity contribution in [3.05, 3.63) is 0 Å². The summed E-state index contributed by atoms with van der Waals surface area (Å²) in [6.45, 7) is -4.50. The Bertz CT molecular complexity index is 2320. The van der Waals surface area contributed by atoms with Gasteiger partial charge in [-0.2, -0.15) is 0 Å². The molecule has 9 heterocycles. The van der Waals surface area contributed by atoms with Crippen molar-refractivity contribution < 1.29 is 174 Å². The molecule has 37 nitrogen and oxygen atoms in total. The first-order chi connectivity index (χ1) is 35.7. The largest absolute Gasteiger partial charge is 0.726 e. The molecule has 9 saturated heterocycles. The van der Waals surface area contributed by atoms with Crippen LogP contribution in [0.5, 0.6) is 0 Å². The lowest BCUT2D eigenvalue weighted by atomic mass is 9.96. The van der Waals surface area contributed by atoms with Gasteiger partial charge in [-0.3, -0.25) is 12.5 Å². The maximum Gasteiger partial charge on any atom is 0.218 e. The number of aliphatic hydroxyl groups excluding tert-OH is 11. The third-order valence-corrected chi connectivity index (χ3v) is 15.1. The van der Waals surface area contributed by atoms with E-state index in [0.29, 0.717) is 0 Å². The Labute approximate surface area is 428 Å². The number of hydrogen-bond donors (Lipinski definition) is 11. The van der Waals surface area contributed by atoms with Crippen molar-refractivity contribution in [3.63, 3.8) is 0 Å². The zero-order valence-corrected chi connectivity index (χ0v) is 40.8. The number of fused-ring (bicyclic) bond motifs is 6. The van der Waals surface area contributed by atoms with Crippen molar-refractivity contribution in [3.8, 4) is 0 Å². The minimum Gasteiger partial charge on any atom is -0.726 e. The molecule has 0 radical (unpaired) electrons. The first-order valence-electron chi connectivity index (χ1n) is 22.9. The average molecular weight is 1170 g/mol. The van der Waals surface area contributed by atoms with Gasteiger partial charge in [0.05, 0.1) is 39.6 Å². The van der Waals surface area contributed by atoms with Crippen molar-refractivity contribution in [2.75, 3.05) is 39.6 Å². The molecule has 0 amide bonds. The second kappa shape index (κ2) is 23.1. The van der Waals surface area contributed by atoms with E-state index in [-0.39, 0.29) is 6.61 Å². The van der Waals surface area contributed by atoms with Gasteiger partial charge in [-0.05, 0) is 0 Å². The lowest BCUT2D eigenvalue weighted by Crippen LogP contribution is -2.67. The van der Waals surface area contributed by atoms with Crippen LogP contribution in [0.2, 0.25) is 0 Å². The highest BCUT2D eigenvalue weighted by Gasteiger charge is 2.62. The monoisotopic (exact) mass is 1170 g/mol. The molecule has 1 unspecified atom stereocenters. The molecule has 11 N–H and O–H groups in total. The number of aliphatic hydroxyl groups is 11. The molecule has 0 aromatic heterocycles. The molecule has 0 spiro atoms. The maximum absolute atomic E-state index is 12.0. The zero-order chi connectivity index (χ0) is 55.1. The molecule has 30 atom stereocenters. The van der Waals surface area contributed by atoms with E-state index in [0.717, 1.165) is 0 Å². The van der Waals surface area contributed by atoms with Crippen LogP contribution in [0.15, 0.2) is 0 Å². The summed E-state index contributed by atoms with van der Waals surface area (Å²) in [6, 6.07) is 0. The van der Waals surface area contributed by atoms with Gasteiger partial charge in [0.2, 0.25) is 31.2 Å². The highest BCUT2D eigenvalue weighted by atomic mass is 32.3. The van der Waals surface area contributed by atoms with Gasteiger partial charge in [0.1, 0.15) is 146 Å². The van der Waals surface area contributed by atoms with E-state index in [9.17, 15) is 95.1 Å². The predicted molar refractivity (Wildman–Crippen MR) is 215 cm³/mol. The third kappa shape index (κ3) is 12.2. The van der Waals surface area contributed by atoms with E-state index < -0.39 is 248 Å². The van der Waals surface area contributed by atoms with Crippen LogP contribution in [0, 0.1) is 0 Å². The predicted octanol–water partition coefficient (Wildman–Crippen LogP) is -12.5. The average Bonchev–Trinajstić information content (AvgIpc) is 3.96. The van der Waals surface area contributed by atoms with Gasteiger partial charge in [-0.1, -0.05) is 0 Å². The number of ether oxygens (including phenoxy) is 14. The zero-order valence-electron chi connectivity index (χ0n) is 38.3. The van der Waals surface area contributed by atoms with Gasteiger partial charge >= 0.3 is 0 Å². The Morgan fingerprint density at radius 3 is 1.04 bits per heavy atom. The molecule has 0 aromatic carbocycles. The van der Waals surface area contributed by atoms with Crippen LogP contribution < -0.4 is 0 Å².